The summed E-state index contributed by atoms with van der Waals surface area (Å²) >= 11 is 0. The van der Waals surface area contributed by atoms with Gasteiger partial charge in [-0.1, -0.05) is 49.0 Å². The van der Waals surface area contributed by atoms with Crippen LogP contribution in [0.1, 0.15) is 21.5 Å². The van der Waals surface area contributed by atoms with Crippen molar-refractivity contribution < 1.29 is 4.79 Å². The number of primary amides is 1. The fourth-order valence-electron chi connectivity index (χ4n) is 1.62. The van der Waals surface area contributed by atoms with Gasteiger partial charge in [-0.05, 0) is 28.8 Å². The minimum Gasteiger partial charge on any atom is -0.366 e. The summed E-state index contributed by atoms with van der Waals surface area (Å²) in [6.07, 6.45) is 0. The maximum Gasteiger partial charge on any atom is 0.248 e. The monoisotopic (exact) mass is 222 g/mol. The first-order chi connectivity index (χ1) is 8.18. The predicted molar refractivity (Wildman–Crippen MR) is 68.2 cm³/mol. The van der Waals surface area contributed by atoms with E-state index in [0.29, 0.717) is 11.1 Å². The van der Waals surface area contributed by atoms with E-state index in [4.69, 9.17) is 12.3 Å². The SMILES string of the molecule is [CH]=C(c1ccccc1)c1cccc(C(N)=O)c1. The van der Waals surface area contributed by atoms with Crippen LogP contribution in [0.4, 0.5) is 0 Å². The largest absolute Gasteiger partial charge is 0.366 e. The highest BCUT2D eigenvalue weighted by Gasteiger charge is 2.05. The summed E-state index contributed by atoms with van der Waals surface area (Å²) in [7, 11) is 0. The van der Waals surface area contributed by atoms with E-state index >= 15 is 0 Å². The van der Waals surface area contributed by atoms with Gasteiger partial charge in [0.25, 0.3) is 0 Å². The van der Waals surface area contributed by atoms with Crippen molar-refractivity contribution in [3.8, 4) is 0 Å². The second-order valence-corrected chi connectivity index (χ2v) is 3.72. The van der Waals surface area contributed by atoms with Gasteiger partial charge in [-0.2, -0.15) is 0 Å². The maximum atomic E-state index is 11.1. The second kappa shape index (κ2) is 4.66. The molecule has 2 nitrogen and oxygen atoms in total. The first kappa shape index (κ1) is 11.1. The quantitative estimate of drug-likeness (QED) is 0.852. The number of benzene rings is 2. The molecule has 0 heterocycles. The van der Waals surface area contributed by atoms with Crippen LogP contribution in [0, 0.1) is 6.58 Å². The molecule has 0 spiro atoms. The lowest BCUT2D eigenvalue weighted by atomic mass is 9.98. The molecule has 0 bridgehead atoms. The van der Waals surface area contributed by atoms with E-state index in [0.717, 1.165) is 11.1 Å². The number of hydrogen-bond donors (Lipinski definition) is 1. The van der Waals surface area contributed by atoms with Gasteiger partial charge in [0.05, 0.1) is 0 Å². The van der Waals surface area contributed by atoms with Crippen LogP contribution in [0.3, 0.4) is 0 Å². The van der Waals surface area contributed by atoms with Gasteiger partial charge in [0.2, 0.25) is 5.91 Å². The van der Waals surface area contributed by atoms with Crippen molar-refractivity contribution in [2.75, 3.05) is 0 Å². The van der Waals surface area contributed by atoms with Crippen LogP contribution < -0.4 is 5.73 Å². The number of carbonyl (C=O) groups excluding carboxylic acids is 1. The average Bonchev–Trinajstić information content (AvgIpc) is 2.39. The lowest BCUT2D eigenvalue weighted by Gasteiger charge is -2.06. The van der Waals surface area contributed by atoms with Gasteiger partial charge in [0, 0.05) is 5.56 Å². The van der Waals surface area contributed by atoms with E-state index in [2.05, 4.69) is 0 Å². The highest BCUT2D eigenvalue weighted by atomic mass is 16.1. The zero-order chi connectivity index (χ0) is 12.3. The summed E-state index contributed by atoms with van der Waals surface area (Å²) in [6.45, 7) is 6.05. The molecule has 2 aromatic carbocycles. The first-order valence-electron chi connectivity index (χ1n) is 5.26. The fraction of sp³-hybridized carbons (Fsp3) is 0. The molecule has 0 saturated carbocycles. The zero-order valence-corrected chi connectivity index (χ0v) is 9.26. The number of rotatable bonds is 3. The molecule has 0 aromatic heterocycles. The molecule has 2 aromatic rings. The van der Waals surface area contributed by atoms with E-state index in [1.54, 1.807) is 18.2 Å². The molecule has 0 unspecified atom stereocenters. The minimum absolute atomic E-state index is 0.451. The van der Waals surface area contributed by atoms with Crippen molar-refractivity contribution >= 4 is 11.5 Å². The Morgan fingerprint density at radius 2 is 1.47 bits per heavy atom. The number of nitrogens with two attached hydrogens (primary N) is 1. The fourth-order valence-corrected chi connectivity index (χ4v) is 1.62. The Morgan fingerprint density at radius 3 is 2.12 bits per heavy atom. The lowest BCUT2D eigenvalue weighted by Crippen LogP contribution is -2.10. The molecule has 1 radical (unpaired) electrons. The molecule has 0 fully saturated rings. The molecule has 17 heavy (non-hydrogen) atoms. The molecule has 0 aliphatic carbocycles. The van der Waals surface area contributed by atoms with Crippen LogP contribution in [0.2, 0.25) is 0 Å². The van der Waals surface area contributed by atoms with E-state index in [-0.39, 0.29) is 0 Å². The number of amides is 1. The zero-order valence-electron chi connectivity index (χ0n) is 9.26. The van der Waals surface area contributed by atoms with Crippen molar-refractivity contribution in [1.82, 2.24) is 0 Å². The molecular formula is C15H12NO. The Morgan fingerprint density at radius 1 is 0.882 bits per heavy atom. The van der Waals surface area contributed by atoms with Crippen molar-refractivity contribution in [3.05, 3.63) is 77.9 Å². The van der Waals surface area contributed by atoms with Gasteiger partial charge in [-0.15, -0.1) is 0 Å². The molecule has 0 atom stereocenters. The molecule has 0 saturated heterocycles. The van der Waals surface area contributed by atoms with Crippen molar-refractivity contribution in [3.63, 3.8) is 0 Å². The molecule has 0 aliphatic heterocycles. The summed E-state index contributed by atoms with van der Waals surface area (Å²) in [4.78, 5) is 11.1. The average molecular weight is 222 g/mol. The third-order valence-electron chi connectivity index (χ3n) is 2.54. The Labute approximate surface area is 100 Å². The van der Waals surface area contributed by atoms with Gasteiger partial charge in [0.15, 0.2) is 0 Å². The minimum atomic E-state index is -0.451. The normalized spacial score (nSPS) is 9.88. The third kappa shape index (κ3) is 2.42. The van der Waals surface area contributed by atoms with Gasteiger partial charge >= 0.3 is 0 Å². The summed E-state index contributed by atoms with van der Waals surface area (Å²) < 4.78 is 0. The van der Waals surface area contributed by atoms with E-state index < -0.39 is 5.91 Å². The molecular weight excluding hydrogens is 210 g/mol. The van der Waals surface area contributed by atoms with E-state index in [1.165, 1.54) is 0 Å². The summed E-state index contributed by atoms with van der Waals surface area (Å²) in [5, 5.41) is 0. The smallest absolute Gasteiger partial charge is 0.248 e. The van der Waals surface area contributed by atoms with Crippen LogP contribution in [-0.2, 0) is 0 Å². The van der Waals surface area contributed by atoms with Gasteiger partial charge in [0.1, 0.15) is 0 Å². The molecule has 2 heteroatoms. The summed E-state index contributed by atoms with van der Waals surface area (Å²) in [5.74, 6) is -0.451. The highest BCUT2D eigenvalue weighted by molar-refractivity contribution is 5.94. The van der Waals surface area contributed by atoms with Crippen molar-refractivity contribution in [1.29, 1.82) is 0 Å². The molecule has 0 aliphatic rings. The van der Waals surface area contributed by atoms with Crippen LogP contribution >= 0.6 is 0 Å². The number of hydrogen-bond acceptors (Lipinski definition) is 1. The Kier molecular flexibility index (Phi) is 3.06. The summed E-state index contributed by atoms with van der Waals surface area (Å²) in [5.41, 5.74) is 8.05. The van der Waals surface area contributed by atoms with Gasteiger partial charge in [-0.3, -0.25) is 4.79 Å². The van der Waals surface area contributed by atoms with Gasteiger partial charge < -0.3 is 5.73 Å². The van der Waals surface area contributed by atoms with Crippen LogP contribution in [-0.4, -0.2) is 5.91 Å². The first-order valence-corrected chi connectivity index (χ1v) is 5.26. The number of carbonyl (C=O) groups is 1. The summed E-state index contributed by atoms with van der Waals surface area (Å²) in [6, 6.07) is 16.6. The van der Waals surface area contributed by atoms with Crippen molar-refractivity contribution in [2.45, 2.75) is 0 Å². The van der Waals surface area contributed by atoms with Crippen molar-refractivity contribution in [2.24, 2.45) is 5.73 Å². The standard InChI is InChI=1S/C15H12NO/c1-11(12-6-3-2-4-7-12)13-8-5-9-14(10-13)15(16)17/h1-10H,(H2,16,17). The molecule has 1 amide bonds. The topological polar surface area (TPSA) is 43.1 Å². The molecule has 83 valence electrons. The molecule has 2 rings (SSSR count). The third-order valence-corrected chi connectivity index (χ3v) is 2.54. The molecule has 2 N–H and O–H groups in total. The Hall–Kier alpha value is -2.35. The highest BCUT2D eigenvalue weighted by Crippen LogP contribution is 2.21. The lowest BCUT2D eigenvalue weighted by molar-refractivity contribution is 0.100. The second-order valence-electron chi connectivity index (χ2n) is 3.72. The van der Waals surface area contributed by atoms with Crippen LogP contribution in [0.5, 0.6) is 0 Å². The van der Waals surface area contributed by atoms with Crippen LogP contribution in [0.15, 0.2) is 54.6 Å². The Bertz CT molecular complexity index is 558. The Balaban J connectivity index is 2.38. The van der Waals surface area contributed by atoms with E-state index in [9.17, 15) is 4.79 Å². The van der Waals surface area contributed by atoms with Crippen LogP contribution in [0.25, 0.3) is 5.57 Å². The van der Waals surface area contributed by atoms with E-state index in [1.807, 2.05) is 36.4 Å². The van der Waals surface area contributed by atoms with Gasteiger partial charge in [-0.25, -0.2) is 0 Å². The predicted octanol–water partition coefficient (Wildman–Crippen LogP) is 2.65. The maximum absolute atomic E-state index is 11.1.